The Kier molecular flexibility index (Phi) is 3.46. The fourth-order valence-corrected chi connectivity index (χ4v) is 2.91. The summed E-state index contributed by atoms with van der Waals surface area (Å²) < 4.78 is 0. The number of fused-ring (bicyclic) bond motifs is 1. The molecule has 1 saturated heterocycles. The number of piperazine rings is 1. The second-order valence-corrected chi connectivity index (χ2v) is 5.19. The van der Waals surface area contributed by atoms with Gasteiger partial charge in [-0.1, -0.05) is 18.2 Å². The molecule has 0 amide bonds. The first-order chi connectivity index (χ1) is 9.68. The van der Waals surface area contributed by atoms with Gasteiger partial charge in [0.05, 0.1) is 17.8 Å². The first kappa shape index (κ1) is 13.1. The molecule has 5 heteroatoms. The van der Waals surface area contributed by atoms with Crippen LogP contribution in [0.2, 0.25) is 0 Å². The van der Waals surface area contributed by atoms with Crippen molar-refractivity contribution in [2.45, 2.75) is 6.92 Å². The summed E-state index contributed by atoms with van der Waals surface area (Å²) in [5, 5.41) is 17.1. The summed E-state index contributed by atoms with van der Waals surface area (Å²) in [6, 6.07) is 8.04. The topological polar surface area (TPSA) is 55.8 Å². The summed E-state index contributed by atoms with van der Waals surface area (Å²) in [5.74, 6) is -0.822. The maximum atomic E-state index is 11.5. The van der Waals surface area contributed by atoms with Gasteiger partial charge in [0.1, 0.15) is 0 Å². The number of hydrogen-bond acceptors (Lipinski definition) is 4. The fourth-order valence-electron chi connectivity index (χ4n) is 2.91. The predicted octanol–water partition coefficient (Wildman–Crippen LogP) is 1.18. The molecule has 2 aliphatic rings. The molecule has 0 saturated carbocycles. The predicted molar refractivity (Wildman–Crippen MR) is 78.5 cm³/mol. The highest BCUT2D eigenvalue weighted by molar-refractivity contribution is 6.00. The molecule has 2 N–H and O–H groups in total. The standard InChI is InChI=1S/C15H19N3O2/c1-11-12-4-2-3-5-14(12)18(10-13(11)15(19)20)17-8-6-16-7-9-17/h2-5,16H,6-10H2,1H3,(H,19,20). The molecule has 2 aliphatic heterocycles. The largest absolute Gasteiger partial charge is 0.478 e. The van der Waals surface area contributed by atoms with Crippen LogP contribution in [0.4, 0.5) is 5.69 Å². The van der Waals surface area contributed by atoms with Crippen LogP contribution in [-0.4, -0.2) is 48.8 Å². The molecule has 1 aromatic rings. The van der Waals surface area contributed by atoms with Crippen molar-refractivity contribution >= 4 is 17.2 Å². The van der Waals surface area contributed by atoms with Gasteiger partial charge >= 0.3 is 5.97 Å². The van der Waals surface area contributed by atoms with Crippen molar-refractivity contribution in [1.82, 2.24) is 10.3 Å². The van der Waals surface area contributed by atoms with Crippen LogP contribution in [0, 0.1) is 0 Å². The van der Waals surface area contributed by atoms with E-state index in [1.165, 1.54) is 0 Å². The lowest BCUT2D eigenvalue weighted by molar-refractivity contribution is -0.132. The average molecular weight is 273 g/mol. The van der Waals surface area contributed by atoms with Crippen molar-refractivity contribution in [2.24, 2.45) is 0 Å². The van der Waals surface area contributed by atoms with Crippen molar-refractivity contribution in [3.05, 3.63) is 35.4 Å². The van der Waals surface area contributed by atoms with Gasteiger partial charge in [-0.15, -0.1) is 0 Å². The molecule has 0 radical (unpaired) electrons. The Morgan fingerprint density at radius 2 is 1.95 bits per heavy atom. The first-order valence-corrected chi connectivity index (χ1v) is 6.94. The minimum Gasteiger partial charge on any atom is -0.478 e. The lowest BCUT2D eigenvalue weighted by atomic mass is 9.95. The zero-order valence-electron chi connectivity index (χ0n) is 11.6. The van der Waals surface area contributed by atoms with Gasteiger partial charge in [-0.3, -0.25) is 0 Å². The van der Waals surface area contributed by atoms with Crippen LogP contribution in [0.15, 0.2) is 29.8 Å². The van der Waals surface area contributed by atoms with Gasteiger partial charge in [-0.25, -0.2) is 9.80 Å². The number of para-hydroxylation sites is 1. The molecule has 20 heavy (non-hydrogen) atoms. The highest BCUT2D eigenvalue weighted by Crippen LogP contribution is 2.35. The molecule has 2 heterocycles. The number of hydrazine groups is 1. The molecule has 0 atom stereocenters. The summed E-state index contributed by atoms with van der Waals surface area (Å²) in [5.41, 5.74) is 3.49. The van der Waals surface area contributed by atoms with E-state index in [0.29, 0.717) is 12.1 Å². The molecule has 106 valence electrons. The van der Waals surface area contributed by atoms with Gasteiger partial charge in [0.15, 0.2) is 0 Å². The number of carboxylic acid groups (broad SMARTS) is 1. The third-order valence-electron chi connectivity index (χ3n) is 4.04. The average Bonchev–Trinajstić information content (AvgIpc) is 2.48. The zero-order chi connectivity index (χ0) is 14.1. The number of benzene rings is 1. The molecule has 0 aromatic heterocycles. The van der Waals surface area contributed by atoms with E-state index in [0.717, 1.165) is 43.0 Å². The minimum absolute atomic E-state index is 0.443. The van der Waals surface area contributed by atoms with Crippen molar-refractivity contribution in [3.63, 3.8) is 0 Å². The fraction of sp³-hybridized carbons (Fsp3) is 0.400. The summed E-state index contributed by atoms with van der Waals surface area (Å²) in [6.45, 7) is 6.02. The zero-order valence-corrected chi connectivity index (χ0v) is 11.6. The van der Waals surface area contributed by atoms with Gasteiger partial charge in [0, 0.05) is 31.7 Å². The van der Waals surface area contributed by atoms with Crippen LogP contribution in [0.1, 0.15) is 12.5 Å². The SMILES string of the molecule is CC1=C(C(=O)O)CN(N2CCNCC2)c2ccccc21. The maximum absolute atomic E-state index is 11.5. The van der Waals surface area contributed by atoms with E-state index in [9.17, 15) is 9.90 Å². The van der Waals surface area contributed by atoms with Crippen LogP contribution in [0.5, 0.6) is 0 Å². The van der Waals surface area contributed by atoms with Gasteiger partial charge in [0.25, 0.3) is 0 Å². The van der Waals surface area contributed by atoms with Gasteiger partial charge in [-0.05, 0) is 18.6 Å². The van der Waals surface area contributed by atoms with Crippen LogP contribution in [0.25, 0.3) is 5.57 Å². The maximum Gasteiger partial charge on any atom is 0.333 e. The monoisotopic (exact) mass is 273 g/mol. The summed E-state index contributed by atoms with van der Waals surface area (Å²) in [6.07, 6.45) is 0. The van der Waals surface area contributed by atoms with Crippen LogP contribution in [-0.2, 0) is 4.79 Å². The minimum atomic E-state index is -0.822. The second-order valence-electron chi connectivity index (χ2n) is 5.19. The smallest absolute Gasteiger partial charge is 0.333 e. The van der Waals surface area contributed by atoms with Gasteiger partial charge in [0.2, 0.25) is 0 Å². The van der Waals surface area contributed by atoms with E-state index in [-0.39, 0.29) is 0 Å². The number of rotatable bonds is 2. The summed E-state index contributed by atoms with van der Waals surface area (Å²) in [7, 11) is 0. The Morgan fingerprint density at radius 3 is 2.65 bits per heavy atom. The van der Waals surface area contributed by atoms with Crippen LogP contribution >= 0.6 is 0 Å². The van der Waals surface area contributed by atoms with E-state index in [1.54, 1.807) is 0 Å². The number of carboxylic acids is 1. The molecule has 1 aromatic carbocycles. The highest BCUT2D eigenvalue weighted by atomic mass is 16.4. The Bertz CT molecular complexity index is 562. The van der Waals surface area contributed by atoms with E-state index < -0.39 is 5.97 Å². The Morgan fingerprint density at radius 1 is 1.25 bits per heavy atom. The third kappa shape index (κ3) is 2.19. The number of anilines is 1. The molecular formula is C15H19N3O2. The number of aliphatic carboxylic acids is 1. The van der Waals surface area contributed by atoms with Crippen LogP contribution < -0.4 is 10.3 Å². The highest BCUT2D eigenvalue weighted by Gasteiger charge is 2.29. The normalized spacial score (nSPS) is 19.9. The number of hydrogen-bond donors (Lipinski definition) is 2. The summed E-state index contributed by atoms with van der Waals surface area (Å²) >= 11 is 0. The lowest BCUT2D eigenvalue weighted by Gasteiger charge is -2.42. The number of allylic oxidation sites excluding steroid dienone is 1. The Balaban J connectivity index is 2.03. The summed E-state index contributed by atoms with van der Waals surface area (Å²) in [4.78, 5) is 11.5. The molecular weight excluding hydrogens is 254 g/mol. The quantitative estimate of drug-likeness (QED) is 0.847. The third-order valence-corrected chi connectivity index (χ3v) is 4.04. The molecule has 0 bridgehead atoms. The lowest BCUT2D eigenvalue weighted by Crippen LogP contribution is -2.54. The number of nitrogens with zero attached hydrogens (tertiary/aromatic N) is 2. The van der Waals surface area contributed by atoms with Crippen LogP contribution in [0.3, 0.4) is 0 Å². The van der Waals surface area contributed by atoms with E-state index in [2.05, 4.69) is 21.4 Å². The molecule has 0 unspecified atom stereocenters. The Hall–Kier alpha value is -1.85. The molecule has 3 rings (SSSR count). The van der Waals surface area contributed by atoms with Crippen molar-refractivity contribution in [1.29, 1.82) is 0 Å². The second kappa shape index (κ2) is 5.26. The van der Waals surface area contributed by atoms with E-state index in [4.69, 9.17) is 0 Å². The molecule has 1 fully saturated rings. The van der Waals surface area contributed by atoms with E-state index in [1.807, 2.05) is 25.1 Å². The molecule has 0 spiro atoms. The van der Waals surface area contributed by atoms with Crippen molar-refractivity contribution < 1.29 is 9.90 Å². The Labute approximate surface area is 118 Å². The number of carbonyl (C=O) groups is 1. The van der Waals surface area contributed by atoms with Gasteiger partial charge < -0.3 is 15.4 Å². The number of nitrogens with one attached hydrogen (secondary N) is 1. The molecule has 0 aliphatic carbocycles. The first-order valence-electron chi connectivity index (χ1n) is 6.94. The van der Waals surface area contributed by atoms with Crippen molar-refractivity contribution in [2.75, 3.05) is 37.7 Å². The van der Waals surface area contributed by atoms with E-state index >= 15 is 0 Å². The van der Waals surface area contributed by atoms with Crippen molar-refractivity contribution in [3.8, 4) is 0 Å². The van der Waals surface area contributed by atoms with Gasteiger partial charge in [-0.2, -0.15) is 0 Å². The molecule has 5 nitrogen and oxygen atoms in total.